The predicted octanol–water partition coefficient (Wildman–Crippen LogP) is 6.21. The number of alkyl carbamates (subject to hydrolysis) is 1. The molecule has 0 atom stereocenters. The second kappa shape index (κ2) is 18.3. The Balaban J connectivity index is 3.01. The maximum absolute atomic E-state index is 11.0. The van der Waals surface area contributed by atoms with Gasteiger partial charge in [0, 0.05) is 6.54 Å². The number of unbranched alkanes of at least 4 members (excludes halogenated alkanes) is 13. The van der Waals surface area contributed by atoms with Crippen LogP contribution in [0.25, 0.3) is 0 Å². The van der Waals surface area contributed by atoms with Crippen molar-refractivity contribution < 1.29 is 9.53 Å². The average molecular weight is 314 g/mol. The van der Waals surface area contributed by atoms with Crippen molar-refractivity contribution in [3.05, 3.63) is 0 Å². The van der Waals surface area contributed by atoms with Gasteiger partial charge in [0.25, 0.3) is 0 Å². The van der Waals surface area contributed by atoms with Crippen molar-refractivity contribution in [3.8, 4) is 0 Å². The molecule has 0 bridgehead atoms. The molecule has 0 aliphatic heterocycles. The minimum absolute atomic E-state index is 0.280. The fourth-order valence-corrected chi connectivity index (χ4v) is 2.66. The SMILES string of the molecule is CCCCCCCCCCCCCCCCOC(=O)NCC. The van der Waals surface area contributed by atoms with Crippen LogP contribution in [0.3, 0.4) is 0 Å². The maximum Gasteiger partial charge on any atom is 0.407 e. The van der Waals surface area contributed by atoms with E-state index >= 15 is 0 Å². The van der Waals surface area contributed by atoms with Crippen LogP contribution < -0.4 is 5.32 Å². The lowest BCUT2D eigenvalue weighted by molar-refractivity contribution is 0.144. The summed E-state index contributed by atoms with van der Waals surface area (Å²) in [6, 6.07) is 0. The van der Waals surface area contributed by atoms with Gasteiger partial charge in [0.05, 0.1) is 6.61 Å². The van der Waals surface area contributed by atoms with E-state index < -0.39 is 0 Å². The Hall–Kier alpha value is -0.730. The van der Waals surface area contributed by atoms with Crippen molar-refractivity contribution in [2.75, 3.05) is 13.2 Å². The first kappa shape index (κ1) is 21.3. The first-order valence-electron chi connectivity index (χ1n) is 9.71. The molecule has 0 rings (SSSR count). The van der Waals surface area contributed by atoms with Gasteiger partial charge in [-0.25, -0.2) is 4.79 Å². The quantitative estimate of drug-likeness (QED) is 0.344. The topological polar surface area (TPSA) is 38.3 Å². The Morgan fingerprint density at radius 2 is 1.09 bits per heavy atom. The van der Waals surface area contributed by atoms with E-state index in [-0.39, 0.29) is 6.09 Å². The smallest absolute Gasteiger partial charge is 0.407 e. The van der Waals surface area contributed by atoms with Gasteiger partial charge in [-0.1, -0.05) is 90.4 Å². The number of rotatable bonds is 16. The summed E-state index contributed by atoms with van der Waals surface area (Å²) in [5.74, 6) is 0. The standard InChI is InChI=1S/C19H39NO2/c1-3-5-6-7-8-9-10-11-12-13-14-15-16-17-18-22-19(21)20-4-2/h3-18H2,1-2H3,(H,20,21). The van der Waals surface area contributed by atoms with Crippen molar-refractivity contribution in [3.63, 3.8) is 0 Å². The molecular weight excluding hydrogens is 274 g/mol. The Labute approximate surface area is 138 Å². The summed E-state index contributed by atoms with van der Waals surface area (Å²) in [5.41, 5.74) is 0. The van der Waals surface area contributed by atoms with E-state index in [2.05, 4.69) is 12.2 Å². The molecule has 3 nitrogen and oxygen atoms in total. The molecule has 0 aromatic carbocycles. The molecule has 3 heteroatoms. The van der Waals surface area contributed by atoms with Gasteiger partial charge in [0.2, 0.25) is 0 Å². The van der Waals surface area contributed by atoms with Gasteiger partial charge in [-0.2, -0.15) is 0 Å². The van der Waals surface area contributed by atoms with Crippen LogP contribution in [-0.4, -0.2) is 19.2 Å². The fourth-order valence-electron chi connectivity index (χ4n) is 2.66. The molecular formula is C19H39NO2. The van der Waals surface area contributed by atoms with Gasteiger partial charge in [-0.3, -0.25) is 0 Å². The largest absolute Gasteiger partial charge is 0.450 e. The lowest BCUT2D eigenvalue weighted by Gasteiger charge is -2.05. The lowest BCUT2D eigenvalue weighted by atomic mass is 10.0. The molecule has 0 aliphatic carbocycles. The van der Waals surface area contributed by atoms with E-state index in [4.69, 9.17) is 4.74 Å². The van der Waals surface area contributed by atoms with E-state index in [1.165, 1.54) is 83.5 Å². The second-order valence-electron chi connectivity index (χ2n) is 6.26. The fraction of sp³-hybridized carbons (Fsp3) is 0.947. The highest BCUT2D eigenvalue weighted by Gasteiger charge is 1.98. The predicted molar refractivity (Wildman–Crippen MR) is 95.3 cm³/mol. The van der Waals surface area contributed by atoms with Gasteiger partial charge in [-0.05, 0) is 13.3 Å². The van der Waals surface area contributed by atoms with Crippen LogP contribution in [-0.2, 0) is 4.74 Å². The van der Waals surface area contributed by atoms with Crippen LogP contribution in [0.15, 0.2) is 0 Å². The summed E-state index contributed by atoms with van der Waals surface area (Å²) < 4.78 is 5.04. The van der Waals surface area contributed by atoms with E-state index in [0.717, 1.165) is 6.42 Å². The third-order valence-corrected chi connectivity index (χ3v) is 4.05. The molecule has 0 heterocycles. The highest BCUT2D eigenvalue weighted by molar-refractivity contribution is 5.66. The zero-order chi connectivity index (χ0) is 16.3. The normalized spacial score (nSPS) is 10.6. The monoisotopic (exact) mass is 313 g/mol. The molecule has 1 N–H and O–H groups in total. The molecule has 1 amide bonds. The number of carbonyl (C=O) groups excluding carboxylic acids is 1. The average Bonchev–Trinajstić information content (AvgIpc) is 2.51. The summed E-state index contributed by atoms with van der Waals surface area (Å²) in [5, 5.41) is 2.63. The van der Waals surface area contributed by atoms with Crippen LogP contribution in [0.4, 0.5) is 4.79 Å². The molecule has 0 aliphatic rings. The van der Waals surface area contributed by atoms with Gasteiger partial charge in [0.15, 0.2) is 0 Å². The molecule has 0 saturated carbocycles. The summed E-state index contributed by atoms with van der Waals surface area (Å²) in [7, 11) is 0. The summed E-state index contributed by atoms with van der Waals surface area (Å²) in [6.07, 6.45) is 18.6. The van der Waals surface area contributed by atoms with E-state index in [1.807, 2.05) is 6.92 Å². The molecule has 0 aromatic heterocycles. The van der Waals surface area contributed by atoms with Gasteiger partial charge in [0.1, 0.15) is 0 Å². The number of hydrogen-bond donors (Lipinski definition) is 1. The van der Waals surface area contributed by atoms with Crippen molar-refractivity contribution in [2.45, 2.75) is 104 Å². The summed E-state index contributed by atoms with van der Waals surface area (Å²) in [6.45, 7) is 5.37. The van der Waals surface area contributed by atoms with Crippen LogP contribution in [0.5, 0.6) is 0 Å². The van der Waals surface area contributed by atoms with Gasteiger partial charge < -0.3 is 10.1 Å². The number of ether oxygens (including phenoxy) is 1. The Kier molecular flexibility index (Phi) is 17.7. The van der Waals surface area contributed by atoms with Gasteiger partial charge in [-0.15, -0.1) is 0 Å². The first-order valence-corrected chi connectivity index (χ1v) is 9.71. The van der Waals surface area contributed by atoms with Crippen molar-refractivity contribution in [1.82, 2.24) is 5.32 Å². The van der Waals surface area contributed by atoms with E-state index in [9.17, 15) is 4.79 Å². The van der Waals surface area contributed by atoms with Crippen LogP contribution in [0.1, 0.15) is 104 Å². The van der Waals surface area contributed by atoms with Crippen LogP contribution >= 0.6 is 0 Å². The summed E-state index contributed by atoms with van der Waals surface area (Å²) in [4.78, 5) is 11.0. The number of hydrogen-bond acceptors (Lipinski definition) is 2. The van der Waals surface area contributed by atoms with Gasteiger partial charge >= 0.3 is 6.09 Å². The molecule has 0 radical (unpaired) electrons. The number of carbonyl (C=O) groups is 1. The van der Waals surface area contributed by atoms with Crippen molar-refractivity contribution >= 4 is 6.09 Å². The highest BCUT2D eigenvalue weighted by Crippen LogP contribution is 2.12. The van der Waals surface area contributed by atoms with Crippen LogP contribution in [0, 0.1) is 0 Å². The lowest BCUT2D eigenvalue weighted by Crippen LogP contribution is -2.23. The molecule has 22 heavy (non-hydrogen) atoms. The molecule has 0 spiro atoms. The maximum atomic E-state index is 11.0. The molecule has 0 fully saturated rings. The first-order chi connectivity index (χ1) is 10.8. The second-order valence-corrected chi connectivity index (χ2v) is 6.26. The third kappa shape index (κ3) is 17.3. The van der Waals surface area contributed by atoms with Crippen molar-refractivity contribution in [2.24, 2.45) is 0 Å². The summed E-state index contributed by atoms with van der Waals surface area (Å²) >= 11 is 0. The number of amides is 1. The zero-order valence-electron chi connectivity index (χ0n) is 15.1. The highest BCUT2D eigenvalue weighted by atomic mass is 16.5. The molecule has 0 unspecified atom stereocenters. The van der Waals surface area contributed by atoms with E-state index in [1.54, 1.807) is 0 Å². The minimum Gasteiger partial charge on any atom is -0.450 e. The molecule has 0 aromatic rings. The number of nitrogens with one attached hydrogen (secondary N) is 1. The Morgan fingerprint density at radius 1 is 0.682 bits per heavy atom. The zero-order valence-corrected chi connectivity index (χ0v) is 15.1. The molecule has 132 valence electrons. The molecule has 0 saturated heterocycles. The third-order valence-electron chi connectivity index (χ3n) is 4.05. The van der Waals surface area contributed by atoms with Crippen molar-refractivity contribution in [1.29, 1.82) is 0 Å². The Morgan fingerprint density at radius 3 is 1.50 bits per heavy atom. The van der Waals surface area contributed by atoms with Crippen LogP contribution in [0.2, 0.25) is 0 Å². The Bertz CT molecular complexity index is 231. The minimum atomic E-state index is -0.280. The van der Waals surface area contributed by atoms with E-state index in [0.29, 0.717) is 13.2 Å².